The van der Waals surface area contributed by atoms with Gasteiger partial charge in [-0.15, -0.1) is 5.10 Å². The second kappa shape index (κ2) is 5.97. The lowest BCUT2D eigenvalue weighted by Crippen LogP contribution is -2.59. The number of carbonyl (C=O) groups excluding carboxylic acids is 1. The van der Waals surface area contributed by atoms with Crippen molar-refractivity contribution in [2.75, 3.05) is 45.9 Å². The molecular formula is C19H26N6O2. The van der Waals surface area contributed by atoms with Crippen molar-refractivity contribution in [3.8, 4) is 0 Å². The molecule has 5 rings (SSSR count). The predicted molar refractivity (Wildman–Crippen MR) is 98.3 cm³/mol. The number of fused-ring (bicyclic) bond motifs is 2. The quantitative estimate of drug-likeness (QED) is 0.801. The van der Waals surface area contributed by atoms with Crippen LogP contribution in [0.25, 0.3) is 5.65 Å². The van der Waals surface area contributed by atoms with Crippen LogP contribution in [-0.2, 0) is 4.74 Å². The highest BCUT2D eigenvalue weighted by atomic mass is 16.5. The van der Waals surface area contributed by atoms with Crippen LogP contribution in [0.15, 0.2) is 18.3 Å². The summed E-state index contributed by atoms with van der Waals surface area (Å²) in [6.07, 6.45) is 2.91. The van der Waals surface area contributed by atoms with Crippen molar-refractivity contribution in [3.63, 3.8) is 0 Å². The van der Waals surface area contributed by atoms with E-state index in [2.05, 4.69) is 34.3 Å². The van der Waals surface area contributed by atoms with Crippen LogP contribution in [0.2, 0.25) is 0 Å². The minimum atomic E-state index is 0.0824. The molecule has 1 aliphatic carbocycles. The molecular weight excluding hydrogens is 344 g/mol. The number of aromatic nitrogens is 4. The summed E-state index contributed by atoms with van der Waals surface area (Å²) in [5.74, 6) is 0.632. The van der Waals surface area contributed by atoms with E-state index in [1.54, 1.807) is 16.8 Å². The van der Waals surface area contributed by atoms with Crippen LogP contribution in [0.1, 0.15) is 30.6 Å². The highest BCUT2D eigenvalue weighted by molar-refractivity contribution is 5.94. The molecule has 3 fully saturated rings. The molecule has 2 saturated heterocycles. The van der Waals surface area contributed by atoms with Gasteiger partial charge in [-0.1, -0.05) is 13.8 Å². The van der Waals surface area contributed by atoms with Crippen LogP contribution in [0.5, 0.6) is 0 Å². The topological polar surface area (TPSA) is 75.9 Å². The van der Waals surface area contributed by atoms with Gasteiger partial charge in [-0.3, -0.25) is 9.69 Å². The van der Waals surface area contributed by atoms with E-state index >= 15 is 0 Å². The molecule has 0 radical (unpaired) electrons. The van der Waals surface area contributed by atoms with E-state index in [1.165, 1.54) is 6.42 Å². The molecule has 0 N–H and O–H groups in total. The van der Waals surface area contributed by atoms with Crippen molar-refractivity contribution in [1.29, 1.82) is 0 Å². The summed E-state index contributed by atoms with van der Waals surface area (Å²) in [6.45, 7) is 11.1. The molecule has 2 aromatic rings. The van der Waals surface area contributed by atoms with Crippen LogP contribution in [0.4, 0.5) is 0 Å². The second-order valence-electron chi connectivity index (χ2n) is 9.05. The molecule has 27 heavy (non-hydrogen) atoms. The first-order chi connectivity index (χ1) is 13.0. The standard InChI is InChI=1S/C19H26N6O2/c1-18(2)11-19(12-23-5-7-27-8-6-23)13-24(10-15(18)19)17(26)14-3-4-16-20-21-22-25(16)9-14/h3-4,9,15H,5-8,10-13H2,1-2H3/t15-,19+/m1/s1. The monoisotopic (exact) mass is 370 g/mol. The van der Waals surface area contributed by atoms with Gasteiger partial charge in [0, 0.05) is 44.3 Å². The summed E-state index contributed by atoms with van der Waals surface area (Å²) in [5, 5.41) is 11.5. The Morgan fingerprint density at radius 3 is 2.89 bits per heavy atom. The van der Waals surface area contributed by atoms with Crippen molar-refractivity contribution in [3.05, 3.63) is 23.9 Å². The van der Waals surface area contributed by atoms with Crippen molar-refractivity contribution in [1.82, 2.24) is 29.8 Å². The molecule has 2 atom stereocenters. The van der Waals surface area contributed by atoms with Gasteiger partial charge in [0.25, 0.3) is 5.91 Å². The zero-order valence-corrected chi connectivity index (χ0v) is 16.0. The molecule has 1 amide bonds. The number of rotatable bonds is 3. The highest BCUT2D eigenvalue weighted by Crippen LogP contribution is 2.63. The maximum atomic E-state index is 13.2. The average molecular weight is 370 g/mol. The first-order valence-corrected chi connectivity index (χ1v) is 9.74. The van der Waals surface area contributed by atoms with Gasteiger partial charge in [-0.25, -0.2) is 0 Å². The number of amides is 1. The number of hydrogen-bond donors (Lipinski definition) is 0. The smallest absolute Gasteiger partial charge is 0.255 e. The molecule has 0 aromatic carbocycles. The minimum absolute atomic E-state index is 0.0824. The van der Waals surface area contributed by atoms with Gasteiger partial charge in [0.2, 0.25) is 0 Å². The normalized spacial score (nSPS) is 30.3. The summed E-state index contributed by atoms with van der Waals surface area (Å²) in [6, 6.07) is 3.62. The molecule has 2 aliphatic heterocycles. The van der Waals surface area contributed by atoms with E-state index < -0.39 is 0 Å². The van der Waals surface area contributed by atoms with Gasteiger partial charge in [0.1, 0.15) is 0 Å². The molecule has 1 saturated carbocycles. The molecule has 8 heteroatoms. The number of carbonyl (C=O) groups is 1. The number of morpholine rings is 1. The molecule has 4 heterocycles. The molecule has 0 unspecified atom stereocenters. The van der Waals surface area contributed by atoms with Crippen molar-refractivity contribution in [2.24, 2.45) is 16.7 Å². The molecule has 0 spiro atoms. The van der Waals surface area contributed by atoms with E-state index in [1.807, 2.05) is 11.0 Å². The van der Waals surface area contributed by atoms with E-state index in [-0.39, 0.29) is 11.3 Å². The van der Waals surface area contributed by atoms with Gasteiger partial charge in [0.15, 0.2) is 5.65 Å². The average Bonchev–Trinajstić information content (AvgIpc) is 3.24. The Kier molecular flexibility index (Phi) is 3.77. The second-order valence-corrected chi connectivity index (χ2v) is 9.05. The summed E-state index contributed by atoms with van der Waals surface area (Å²) in [5.41, 5.74) is 1.81. The third-order valence-corrected chi connectivity index (χ3v) is 6.77. The Morgan fingerprint density at radius 1 is 1.30 bits per heavy atom. The first-order valence-electron chi connectivity index (χ1n) is 9.74. The third-order valence-electron chi connectivity index (χ3n) is 6.77. The zero-order chi connectivity index (χ0) is 18.6. The molecule has 2 aromatic heterocycles. The Bertz CT molecular complexity index is 874. The fourth-order valence-electron chi connectivity index (χ4n) is 5.75. The van der Waals surface area contributed by atoms with Crippen molar-refractivity contribution >= 4 is 11.6 Å². The van der Waals surface area contributed by atoms with Crippen molar-refractivity contribution < 1.29 is 9.53 Å². The summed E-state index contributed by atoms with van der Waals surface area (Å²) in [4.78, 5) is 17.8. The van der Waals surface area contributed by atoms with Gasteiger partial charge in [-0.2, -0.15) is 4.52 Å². The number of likely N-dealkylation sites (tertiary alicyclic amines) is 1. The maximum Gasteiger partial charge on any atom is 0.255 e. The fourth-order valence-corrected chi connectivity index (χ4v) is 5.75. The van der Waals surface area contributed by atoms with Gasteiger partial charge >= 0.3 is 0 Å². The van der Waals surface area contributed by atoms with Gasteiger partial charge in [0.05, 0.1) is 18.8 Å². The molecule has 0 bridgehead atoms. The van der Waals surface area contributed by atoms with Crippen LogP contribution < -0.4 is 0 Å². The van der Waals surface area contributed by atoms with Crippen LogP contribution in [0, 0.1) is 16.7 Å². The van der Waals surface area contributed by atoms with Gasteiger partial charge < -0.3 is 9.64 Å². The summed E-state index contributed by atoms with van der Waals surface area (Å²) < 4.78 is 7.06. The number of hydrogen-bond acceptors (Lipinski definition) is 6. The van der Waals surface area contributed by atoms with Crippen molar-refractivity contribution in [2.45, 2.75) is 20.3 Å². The largest absolute Gasteiger partial charge is 0.379 e. The van der Waals surface area contributed by atoms with Crippen LogP contribution in [-0.4, -0.2) is 81.7 Å². The number of ether oxygens (including phenoxy) is 1. The molecule has 8 nitrogen and oxygen atoms in total. The number of nitrogens with zero attached hydrogens (tertiary/aromatic N) is 6. The Labute approximate surface area is 158 Å². The van der Waals surface area contributed by atoms with E-state index in [9.17, 15) is 4.79 Å². The lowest BCUT2D eigenvalue weighted by Gasteiger charge is -2.58. The Morgan fingerprint density at radius 2 is 2.11 bits per heavy atom. The highest BCUT2D eigenvalue weighted by Gasteiger charge is 2.63. The first kappa shape index (κ1) is 17.1. The summed E-state index contributed by atoms with van der Waals surface area (Å²) >= 11 is 0. The zero-order valence-electron chi connectivity index (χ0n) is 16.0. The lowest BCUT2D eigenvalue weighted by molar-refractivity contribution is -0.0966. The fraction of sp³-hybridized carbons (Fsp3) is 0.684. The Hall–Kier alpha value is -2.06. The summed E-state index contributed by atoms with van der Waals surface area (Å²) in [7, 11) is 0. The van der Waals surface area contributed by atoms with Gasteiger partial charge in [-0.05, 0) is 40.3 Å². The van der Waals surface area contributed by atoms with Crippen LogP contribution in [0.3, 0.4) is 0 Å². The minimum Gasteiger partial charge on any atom is -0.379 e. The van der Waals surface area contributed by atoms with E-state index in [0.717, 1.165) is 45.9 Å². The van der Waals surface area contributed by atoms with E-state index in [0.29, 0.717) is 22.5 Å². The predicted octanol–water partition coefficient (Wildman–Crippen LogP) is 0.945. The maximum absolute atomic E-state index is 13.2. The molecule has 3 aliphatic rings. The lowest BCUT2D eigenvalue weighted by atomic mass is 9.48. The van der Waals surface area contributed by atoms with Crippen LogP contribution >= 0.6 is 0 Å². The number of pyridine rings is 1. The van der Waals surface area contributed by atoms with E-state index in [4.69, 9.17) is 4.74 Å². The Balaban J connectivity index is 1.37. The SMILES string of the molecule is CC1(C)C[C@]2(CN3CCOCC3)CN(C(=O)c3ccc4nnnn4c3)C[C@H]12. The molecule has 144 valence electrons. The number of tetrazole rings is 1. The third kappa shape index (κ3) is 2.73.